The van der Waals surface area contributed by atoms with Gasteiger partial charge in [0.05, 0.1) is 19.3 Å². The van der Waals surface area contributed by atoms with Crippen LogP contribution in [0.4, 0.5) is 0 Å². The summed E-state index contributed by atoms with van der Waals surface area (Å²) >= 11 is 0. The van der Waals surface area contributed by atoms with Gasteiger partial charge >= 0.3 is 0 Å². The zero-order valence-electron chi connectivity index (χ0n) is 5.70. The molecule has 1 aliphatic heterocycles. The molecule has 2 heteroatoms. The smallest absolute Gasteiger partial charge is 0.0869 e. The first-order valence-electron chi connectivity index (χ1n) is 3.40. The Morgan fingerprint density at radius 2 is 1.67 bits per heavy atom. The molecule has 0 aromatic carbocycles. The standard InChI is InChI=1S/C7H13N.ClH/c1-2-8-6-4-3-5-7-8;/h2H,1,3-7H2;1H. The molecule has 0 aromatic rings. The second kappa shape index (κ2) is 4.83. The molecule has 0 amide bonds. The van der Waals surface area contributed by atoms with Crippen LogP contribution in [0.5, 0.6) is 0 Å². The van der Waals surface area contributed by atoms with Gasteiger partial charge < -0.3 is 17.3 Å². The van der Waals surface area contributed by atoms with Crippen LogP contribution in [0.15, 0.2) is 12.8 Å². The Morgan fingerprint density at radius 3 is 2.00 bits per heavy atom. The third-order valence-corrected chi connectivity index (χ3v) is 1.78. The summed E-state index contributed by atoms with van der Waals surface area (Å²) in [4.78, 5) is 1.57. The second-order valence-electron chi connectivity index (χ2n) is 2.42. The predicted molar refractivity (Wildman–Crippen MR) is 34.7 cm³/mol. The summed E-state index contributed by atoms with van der Waals surface area (Å²) in [7, 11) is 0. The third-order valence-electron chi connectivity index (χ3n) is 1.78. The van der Waals surface area contributed by atoms with Gasteiger partial charge in [-0.2, -0.15) is 0 Å². The fourth-order valence-electron chi connectivity index (χ4n) is 1.21. The van der Waals surface area contributed by atoms with Crippen molar-refractivity contribution >= 4 is 0 Å². The quantitative estimate of drug-likeness (QED) is 0.409. The van der Waals surface area contributed by atoms with Crippen LogP contribution in [-0.4, -0.2) is 13.1 Å². The Bertz CT molecular complexity index is 77.0. The van der Waals surface area contributed by atoms with E-state index in [1.807, 2.05) is 6.20 Å². The monoisotopic (exact) mass is 147 g/mol. The largest absolute Gasteiger partial charge is 1.00 e. The van der Waals surface area contributed by atoms with Crippen LogP contribution < -0.4 is 17.3 Å². The molecular weight excluding hydrogens is 134 g/mol. The molecule has 1 heterocycles. The summed E-state index contributed by atoms with van der Waals surface area (Å²) in [6, 6.07) is 0. The van der Waals surface area contributed by atoms with Gasteiger partial charge in [-0.15, -0.1) is 0 Å². The van der Waals surface area contributed by atoms with Crippen LogP contribution in [0, 0.1) is 0 Å². The second-order valence-corrected chi connectivity index (χ2v) is 2.42. The molecule has 1 nitrogen and oxygen atoms in total. The summed E-state index contributed by atoms with van der Waals surface area (Å²) in [6.07, 6.45) is 6.24. The molecule has 1 fully saturated rings. The van der Waals surface area contributed by atoms with E-state index in [-0.39, 0.29) is 12.4 Å². The molecule has 1 saturated heterocycles. The van der Waals surface area contributed by atoms with Crippen molar-refractivity contribution in [3.05, 3.63) is 12.8 Å². The molecule has 0 bridgehead atoms. The molecule has 9 heavy (non-hydrogen) atoms. The van der Waals surface area contributed by atoms with Gasteiger partial charge in [-0.25, -0.2) is 0 Å². The van der Waals surface area contributed by atoms with Gasteiger partial charge in [0, 0.05) is 0 Å². The molecule has 0 radical (unpaired) electrons. The summed E-state index contributed by atoms with van der Waals surface area (Å²) in [5.41, 5.74) is 0. The van der Waals surface area contributed by atoms with Crippen molar-refractivity contribution in [2.75, 3.05) is 13.1 Å². The Kier molecular flexibility index (Phi) is 4.83. The van der Waals surface area contributed by atoms with Gasteiger partial charge in [0.1, 0.15) is 0 Å². The number of hydrogen-bond donors (Lipinski definition) is 1. The number of halogens is 1. The van der Waals surface area contributed by atoms with Crippen LogP contribution in [0.1, 0.15) is 19.3 Å². The Labute approximate surface area is 63.1 Å². The number of quaternary nitrogens is 1. The summed E-state index contributed by atoms with van der Waals surface area (Å²) in [5, 5.41) is 0. The molecule has 1 aliphatic rings. The van der Waals surface area contributed by atoms with E-state index in [0.29, 0.717) is 0 Å². The number of nitrogens with one attached hydrogen (secondary N) is 1. The average molecular weight is 148 g/mol. The van der Waals surface area contributed by atoms with Crippen molar-refractivity contribution in [1.82, 2.24) is 0 Å². The zero-order chi connectivity index (χ0) is 5.82. The Hall–Kier alpha value is -0.0100. The van der Waals surface area contributed by atoms with E-state index in [0.717, 1.165) is 0 Å². The predicted octanol–water partition coefficient (Wildman–Crippen LogP) is -2.80. The van der Waals surface area contributed by atoms with E-state index in [1.54, 1.807) is 4.90 Å². The van der Waals surface area contributed by atoms with Gasteiger partial charge in [-0.05, 0) is 25.8 Å². The summed E-state index contributed by atoms with van der Waals surface area (Å²) in [5.74, 6) is 0. The highest BCUT2D eigenvalue weighted by Crippen LogP contribution is 1.93. The molecule has 0 spiro atoms. The average Bonchev–Trinajstić information content (AvgIpc) is 1.90. The normalized spacial score (nSPS) is 20.4. The lowest BCUT2D eigenvalue weighted by molar-refractivity contribution is -0.851. The van der Waals surface area contributed by atoms with Crippen molar-refractivity contribution in [2.24, 2.45) is 0 Å². The highest BCUT2D eigenvalue weighted by Gasteiger charge is 2.08. The SMILES string of the molecule is C=C[NH+]1CCCCC1.[Cl-]. The molecule has 1 N–H and O–H groups in total. The van der Waals surface area contributed by atoms with E-state index < -0.39 is 0 Å². The first-order chi connectivity index (χ1) is 3.93. The highest BCUT2D eigenvalue weighted by atomic mass is 35.5. The van der Waals surface area contributed by atoms with Gasteiger partial charge in [0.25, 0.3) is 0 Å². The van der Waals surface area contributed by atoms with E-state index in [1.165, 1.54) is 32.4 Å². The molecule has 0 saturated carbocycles. The molecule has 0 unspecified atom stereocenters. The van der Waals surface area contributed by atoms with Crippen molar-refractivity contribution in [1.29, 1.82) is 0 Å². The lowest BCUT2D eigenvalue weighted by Gasteiger charge is -2.18. The minimum atomic E-state index is 0. The minimum Gasteiger partial charge on any atom is -1.00 e. The highest BCUT2D eigenvalue weighted by molar-refractivity contribution is 4.52. The maximum Gasteiger partial charge on any atom is 0.0869 e. The van der Waals surface area contributed by atoms with E-state index in [2.05, 4.69) is 6.58 Å². The van der Waals surface area contributed by atoms with Crippen LogP contribution in [0.2, 0.25) is 0 Å². The maximum absolute atomic E-state index is 3.75. The van der Waals surface area contributed by atoms with Gasteiger partial charge in [-0.3, -0.25) is 0 Å². The minimum absolute atomic E-state index is 0. The first-order valence-corrected chi connectivity index (χ1v) is 3.40. The number of piperidine rings is 1. The van der Waals surface area contributed by atoms with Gasteiger partial charge in [0.2, 0.25) is 0 Å². The fourth-order valence-corrected chi connectivity index (χ4v) is 1.21. The van der Waals surface area contributed by atoms with E-state index in [4.69, 9.17) is 0 Å². The lowest BCUT2D eigenvalue weighted by atomic mass is 10.1. The summed E-state index contributed by atoms with van der Waals surface area (Å²) < 4.78 is 0. The molecule has 0 aliphatic carbocycles. The molecular formula is C7H14ClN. The summed E-state index contributed by atoms with van der Waals surface area (Å²) in [6.45, 7) is 6.37. The van der Waals surface area contributed by atoms with Crippen molar-refractivity contribution in [3.8, 4) is 0 Å². The fraction of sp³-hybridized carbons (Fsp3) is 0.714. The van der Waals surface area contributed by atoms with Crippen LogP contribution in [0.25, 0.3) is 0 Å². The van der Waals surface area contributed by atoms with Crippen LogP contribution >= 0.6 is 0 Å². The van der Waals surface area contributed by atoms with E-state index >= 15 is 0 Å². The molecule has 0 aromatic heterocycles. The van der Waals surface area contributed by atoms with Gasteiger partial charge in [0.15, 0.2) is 0 Å². The number of likely N-dealkylation sites (tertiary alicyclic amines) is 1. The maximum atomic E-state index is 3.75. The van der Waals surface area contributed by atoms with E-state index in [9.17, 15) is 0 Å². The molecule has 0 atom stereocenters. The Balaban J connectivity index is 0.000000640. The third kappa shape index (κ3) is 2.87. The van der Waals surface area contributed by atoms with Gasteiger partial charge in [-0.1, -0.05) is 0 Å². The van der Waals surface area contributed by atoms with Crippen molar-refractivity contribution in [3.63, 3.8) is 0 Å². The Morgan fingerprint density at radius 1 is 1.11 bits per heavy atom. The molecule has 54 valence electrons. The zero-order valence-corrected chi connectivity index (χ0v) is 6.45. The number of hydrogen-bond acceptors (Lipinski definition) is 0. The molecule has 1 rings (SSSR count). The first kappa shape index (κ1) is 8.99. The topological polar surface area (TPSA) is 4.44 Å². The van der Waals surface area contributed by atoms with Crippen molar-refractivity contribution in [2.45, 2.75) is 19.3 Å². The lowest BCUT2D eigenvalue weighted by Crippen LogP contribution is -3.08. The van der Waals surface area contributed by atoms with Crippen LogP contribution in [-0.2, 0) is 0 Å². The van der Waals surface area contributed by atoms with Crippen LogP contribution in [0.3, 0.4) is 0 Å². The number of rotatable bonds is 1. The van der Waals surface area contributed by atoms with Crippen molar-refractivity contribution < 1.29 is 17.3 Å².